The molecule has 0 spiro atoms. The van der Waals surface area contributed by atoms with Crippen LogP contribution in [0, 0.1) is 0 Å². The predicted molar refractivity (Wildman–Crippen MR) is 55.0 cm³/mol. The molecule has 0 saturated carbocycles. The summed E-state index contributed by atoms with van der Waals surface area (Å²) < 4.78 is 6.17. The molecule has 1 fully saturated rings. The lowest BCUT2D eigenvalue weighted by atomic mass is 10.2. The molecular weight excluding hydrogens is 180 g/mol. The van der Waals surface area contributed by atoms with Crippen molar-refractivity contribution in [2.45, 2.75) is 18.9 Å². The summed E-state index contributed by atoms with van der Waals surface area (Å²) in [5, 5.41) is 0. The van der Waals surface area contributed by atoms with E-state index in [1.807, 2.05) is 0 Å². The second-order valence-corrected chi connectivity index (χ2v) is 4.77. The predicted octanol–water partition coefficient (Wildman–Crippen LogP) is 0.923. The normalized spacial score (nSPS) is 24.7. The third-order valence-corrected chi connectivity index (χ3v) is 3.02. The van der Waals surface area contributed by atoms with E-state index in [9.17, 15) is 4.79 Å². The Bertz CT molecular complexity index is 214. The SMILES string of the molecule is CN(C)C(=O)OC[C@@H]1CCC[N+]1(C)C. The van der Waals surface area contributed by atoms with Gasteiger partial charge in [0.2, 0.25) is 0 Å². The highest BCUT2D eigenvalue weighted by molar-refractivity contribution is 5.66. The number of likely N-dealkylation sites (tertiary alicyclic amines) is 1. The molecule has 0 aromatic rings. The van der Waals surface area contributed by atoms with Gasteiger partial charge in [-0.05, 0) is 0 Å². The first kappa shape index (κ1) is 11.3. The summed E-state index contributed by atoms with van der Waals surface area (Å²) in [7, 11) is 7.80. The van der Waals surface area contributed by atoms with Crippen LogP contribution in [0.1, 0.15) is 12.8 Å². The lowest BCUT2D eigenvalue weighted by Gasteiger charge is -2.31. The van der Waals surface area contributed by atoms with Crippen LogP contribution < -0.4 is 0 Å². The lowest BCUT2D eigenvalue weighted by molar-refractivity contribution is -0.902. The zero-order chi connectivity index (χ0) is 10.8. The number of ether oxygens (including phenoxy) is 1. The Morgan fingerprint density at radius 2 is 2.14 bits per heavy atom. The van der Waals surface area contributed by atoms with Crippen molar-refractivity contribution in [2.75, 3.05) is 41.3 Å². The molecule has 0 aromatic carbocycles. The Balaban J connectivity index is 2.35. The van der Waals surface area contributed by atoms with Crippen LogP contribution in [-0.4, -0.2) is 62.9 Å². The number of likely N-dealkylation sites (N-methyl/N-ethyl adjacent to an activating group) is 1. The summed E-state index contributed by atoms with van der Waals surface area (Å²) in [6.45, 7) is 1.73. The van der Waals surface area contributed by atoms with Crippen LogP contribution in [0.25, 0.3) is 0 Å². The number of nitrogens with zero attached hydrogens (tertiary/aromatic N) is 2. The van der Waals surface area contributed by atoms with Crippen molar-refractivity contribution in [3.63, 3.8) is 0 Å². The topological polar surface area (TPSA) is 29.5 Å². The molecule has 1 saturated heterocycles. The van der Waals surface area contributed by atoms with Gasteiger partial charge in [-0.1, -0.05) is 0 Å². The van der Waals surface area contributed by atoms with Gasteiger partial charge in [0.1, 0.15) is 12.6 Å². The second-order valence-electron chi connectivity index (χ2n) is 4.77. The van der Waals surface area contributed by atoms with Crippen molar-refractivity contribution in [1.82, 2.24) is 4.90 Å². The summed E-state index contributed by atoms with van der Waals surface area (Å²) in [5.41, 5.74) is 0. The third kappa shape index (κ3) is 2.61. The largest absolute Gasteiger partial charge is 0.443 e. The number of hydrogen-bond acceptors (Lipinski definition) is 2. The van der Waals surface area contributed by atoms with Gasteiger partial charge in [-0.3, -0.25) is 0 Å². The molecular formula is C10H21N2O2+. The molecule has 14 heavy (non-hydrogen) atoms. The van der Waals surface area contributed by atoms with Crippen LogP contribution in [0.15, 0.2) is 0 Å². The van der Waals surface area contributed by atoms with Crippen molar-refractivity contribution < 1.29 is 14.0 Å². The average Bonchev–Trinajstić information content (AvgIpc) is 2.40. The van der Waals surface area contributed by atoms with E-state index >= 15 is 0 Å². The maximum absolute atomic E-state index is 11.2. The number of carbonyl (C=O) groups excluding carboxylic acids is 1. The number of carbonyl (C=O) groups is 1. The minimum Gasteiger partial charge on any atom is -0.443 e. The summed E-state index contributed by atoms with van der Waals surface area (Å²) in [5.74, 6) is 0. The maximum Gasteiger partial charge on any atom is 0.409 e. The second kappa shape index (κ2) is 4.17. The first-order valence-electron chi connectivity index (χ1n) is 5.10. The smallest absolute Gasteiger partial charge is 0.409 e. The molecule has 1 aliphatic heterocycles. The highest BCUT2D eigenvalue weighted by atomic mass is 16.6. The van der Waals surface area contributed by atoms with E-state index in [1.165, 1.54) is 17.9 Å². The fourth-order valence-electron chi connectivity index (χ4n) is 1.85. The molecule has 1 aliphatic rings. The van der Waals surface area contributed by atoms with Gasteiger partial charge in [0.05, 0.1) is 20.6 Å². The van der Waals surface area contributed by atoms with E-state index in [-0.39, 0.29) is 6.09 Å². The number of rotatable bonds is 2. The van der Waals surface area contributed by atoms with Crippen molar-refractivity contribution in [3.8, 4) is 0 Å². The van der Waals surface area contributed by atoms with Crippen LogP contribution in [0.2, 0.25) is 0 Å². The zero-order valence-electron chi connectivity index (χ0n) is 9.62. The highest BCUT2D eigenvalue weighted by Gasteiger charge is 2.34. The molecule has 0 N–H and O–H groups in total. The van der Waals surface area contributed by atoms with Crippen LogP contribution in [0.4, 0.5) is 4.79 Å². The lowest BCUT2D eigenvalue weighted by Crippen LogP contribution is -2.47. The Morgan fingerprint density at radius 1 is 1.50 bits per heavy atom. The quantitative estimate of drug-likeness (QED) is 0.622. The molecule has 4 nitrogen and oxygen atoms in total. The first-order chi connectivity index (χ1) is 6.43. The summed E-state index contributed by atoms with van der Waals surface area (Å²) in [6, 6.07) is 0.471. The number of quaternary nitrogens is 1. The standard InChI is InChI=1S/C10H21N2O2/c1-11(2)10(13)14-8-9-6-5-7-12(9,3)4/h9H,5-8H2,1-4H3/q+1/t9-/m0/s1. The molecule has 0 radical (unpaired) electrons. The van der Waals surface area contributed by atoms with Gasteiger partial charge < -0.3 is 14.1 Å². The van der Waals surface area contributed by atoms with E-state index in [2.05, 4.69) is 14.1 Å². The minimum absolute atomic E-state index is 0.239. The Morgan fingerprint density at radius 3 is 2.57 bits per heavy atom. The fourth-order valence-corrected chi connectivity index (χ4v) is 1.85. The van der Waals surface area contributed by atoms with Gasteiger partial charge in [0.25, 0.3) is 0 Å². The van der Waals surface area contributed by atoms with Gasteiger partial charge in [0.15, 0.2) is 0 Å². The third-order valence-electron chi connectivity index (χ3n) is 3.02. The molecule has 4 heteroatoms. The maximum atomic E-state index is 11.2. The molecule has 1 amide bonds. The van der Waals surface area contributed by atoms with Gasteiger partial charge in [0, 0.05) is 26.9 Å². The Labute approximate surface area is 86.0 Å². The fraction of sp³-hybridized carbons (Fsp3) is 0.900. The van der Waals surface area contributed by atoms with Gasteiger partial charge in [-0.25, -0.2) is 4.79 Å². The Kier molecular flexibility index (Phi) is 3.37. The average molecular weight is 201 g/mol. The summed E-state index contributed by atoms with van der Waals surface area (Å²) in [6.07, 6.45) is 2.15. The van der Waals surface area contributed by atoms with Crippen molar-refractivity contribution >= 4 is 6.09 Å². The van der Waals surface area contributed by atoms with Gasteiger partial charge in [-0.15, -0.1) is 0 Å². The monoisotopic (exact) mass is 201 g/mol. The molecule has 82 valence electrons. The van der Waals surface area contributed by atoms with Gasteiger partial charge in [-0.2, -0.15) is 0 Å². The Hall–Kier alpha value is -0.770. The van der Waals surface area contributed by atoms with Crippen LogP contribution >= 0.6 is 0 Å². The first-order valence-corrected chi connectivity index (χ1v) is 5.10. The van der Waals surface area contributed by atoms with E-state index in [1.54, 1.807) is 14.1 Å². The van der Waals surface area contributed by atoms with Crippen molar-refractivity contribution in [3.05, 3.63) is 0 Å². The van der Waals surface area contributed by atoms with Crippen LogP contribution in [0.3, 0.4) is 0 Å². The summed E-state index contributed by atoms with van der Waals surface area (Å²) in [4.78, 5) is 12.7. The van der Waals surface area contributed by atoms with Crippen LogP contribution in [-0.2, 0) is 4.74 Å². The molecule has 1 rings (SSSR count). The van der Waals surface area contributed by atoms with Crippen molar-refractivity contribution in [1.29, 1.82) is 0 Å². The van der Waals surface area contributed by atoms with Crippen LogP contribution in [0.5, 0.6) is 0 Å². The van der Waals surface area contributed by atoms with E-state index in [0.29, 0.717) is 12.6 Å². The van der Waals surface area contributed by atoms with E-state index in [0.717, 1.165) is 10.9 Å². The van der Waals surface area contributed by atoms with Gasteiger partial charge >= 0.3 is 6.09 Å². The molecule has 1 heterocycles. The molecule has 0 unspecified atom stereocenters. The zero-order valence-corrected chi connectivity index (χ0v) is 9.62. The molecule has 0 aliphatic carbocycles. The van der Waals surface area contributed by atoms with Crippen molar-refractivity contribution in [2.24, 2.45) is 0 Å². The number of amides is 1. The molecule has 0 bridgehead atoms. The van der Waals surface area contributed by atoms with E-state index in [4.69, 9.17) is 4.74 Å². The van der Waals surface area contributed by atoms with E-state index < -0.39 is 0 Å². The minimum atomic E-state index is -0.239. The number of hydrogen-bond donors (Lipinski definition) is 0. The molecule has 0 aromatic heterocycles. The summed E-state index contributed by atoms with van der Waals surface area (Å²) >= 11 is 0. The highest BCUT2D eigenvalue weighted by Crippen LogP contribution is 2.22. The molecule has 1 atom stereocenters.